The maximum atomic E-state index is 13.8. The summed E-state index contributed by atoms with van der Waals surface area (Å²) in [4.78, 5) is 38.4. The molecule has 7 heteroatoms. The summed E-state index contributed by atoms with van der Waals surface area (Å²) in [6.07, 6.45) is 13.8. The predicted octanol–water partition coefficient (Wildman–Crippen LogP) is 9.17. The van der Waals surface area contributed by atoms with Crippen molar-refractivity contribution in [1.82, 2.24) is 5.32 Å². The van der Waals surface area contributed by atoms with Gasteiger partial charge in [0.2, 0.25) is 0 Å². The van der Waals surface area contributed by atoms with Crippen LogP contribution in [-0.4, -0.2) is 54.7 Å². The van der Waals surface area contributed by atoms with Crippen LogP contribution in [0, 0.1) is 62.1 Å². The molecule has 2 N–H and O–H groups in total. The summed E-state index contributed by atoms with van der Waals surface area (Å²) in [5, 5.41) is 12.8. The second kappa shape index (κ2) is 13.8. The molecule has 0 aromatic heterocycles. The van der Waals surface area contributed by atoms with E-state index in [9.17, 15) is 19.5 Å². The van der Waals surface area contributed by atoms with Crippen LogP contribution in [0.5, 0.6) is 0 Å². The maximum absolute atomic E-state index is 13.8. The van der Waals surface area contributed by atoms with Crippen LogP contribution in [-0.2, 0) is 23.9 Å². The van der Waals surface area contributed by atoms with Crippen LogP contribution in [0.1, 0.15) is 152 Å². The van der Waals surface area contributed by atoms with Crippen molar-refractivity contribution in [3.05, 3.63) is 12.2 Å². The van der Waals surface area contributed by atoms with Gasteiger partial charge in [-0.1, -0.05) is 60.6 Å². The number of Topliss-reactive ketones (excluding diaryl/α,β-unsaturated/α-hetero) is 1. The Morgan fingerprint density at radius 3 is 2.31 bits per heavy atom. The largest absolute Gasteiger partial charge is 0.481 e. The fraction of sp³-hybridized carbons (Fsp3) is 0.886. The molecule has 288 valence electrons. The molecule has 1 unspecified atom stereocenters. The molecule has 6 aliphatic rings. The minimum Gasteiger partial charge on any atom is -0.481 e. The van der Waals surface area contributed by atoms with Crippen LogP contribution in [0.15, 0.2) is 12.2 Å². The first-order chi connectivity index (χ1) is 23.8. The topological polar surface area (TPSA) is 102 Å². The van der Waals surface area contributed by atoms with Crippen molar-refractivity contribution in [1.29, 1.82) is 0 Å². The number of fused-ring (bicyclic) bond motifs is 7. The van der Waals surface area contributed by atoms with E-state index in [0.717, 1.165) is 64.6 Å². The molecule has 0 amide bonds. The van der Waals surface area contributed by atoms with Gasteiger partial charge in [-0.2, -0.15) is 0 Å². The molecule has 7 nitrogen and oxygen atoms in total. The quantitative estimate of drug-likeness (QED) is 0.163. The van der Waals surface area contributed by atoms with E-state index in [1.807, 2.05) is 13.8 Å². The predicted molar refractivity (Wildman–Crippen MR) is 201 cm³/mol. The van der Waals surface area contributed by atoms with Gasteiger partial charge in [0, 0.05) is 31.3 Å². The zero-order chi connectivity index (χ0) is 37.2. The molecule has 0 aromatic carbocycles. The van der Waals surface area contributed by atoms with E-state index in [0.29, 0.717) is 41.8 Å². The Kier molecular flexibility index (Phi) is 10.6. The number of hydrogen-bond donors (Lipinski definition) is 2. The van der Waals surface area contributed by atoms with Crippen LogP contribution in [0.2, 0.25) is 0 Å². The third-order valence-corrected chi connectivity index (χ3v) is 17.0. The Balaban J connectivity index is 1.20. The summed E-state index contributed by atoms with van der Waals surface area (Å²) < 4.78 is 12.2. The third kappa shape index (κ3) is 6.80. The third-order valence-electron chi connectivity index (χ3n) is 17.0. The fourth-order valence-electron chi connectivity index (χ4n) is 14.4. The van der Waals surface area contributed by atoms with Crippen LogP contribution in [0.4, 0.5) is 0 Å². The van der Waals surface area contributed by atoms with E-state index in [2.05, 4.69) is 53.4 Å². The number of carboxylic acids is 1. The van der Waals surface area contributed by atoms with E-state index >= 15 is 0 Å². The van der Waals surface area contributed by atoms with Gasteiger partial charge in [0.25, 0.3) is 0 Å². The number of morpholine rings is 1. The van der Waals surface area contributed by atoms with Crippen LogP contribution in [0.25, 0.3) is 0 Å². The van der Waals surface area contributed by atoms with Gasteiger partial charge in [-0.15, -0.1) is 0 Å². The summed E-state index contributed by atoms with van der Waals surface area (Å²) in [7, 11) is 0. The number of allylic oxidation sites excluding steroid dienone is 1. The van der Waals surface area contributed by atoms with Gasteiger partial charge in [-0.3, -0.25) is 14.4 Å². The normalized spacial score (nSPS) is 43.2. The molecule has 5 saturated carbocycles. The lowest BCUT2D eigenvalue weighted by Gasteiger charge is -2.73. The number of esters is 1. The minimum absolute atomic E-state index is 0.0456. The molecule has 1 saturated heterocycles. The Labute approximate surface area is 309 Å². The number of ether oxygens (including phenoxy) is 2. The maximum Gasteiger partial charge on any atom is 0.306 e. The molecule has 1 aliphatic heterocycles. The van der Waals surface area contributed by atoms with Crippen molar-refractivity contribution in [2.24, 2.45) is 62.1 Å². The van der Waals surface area contributed by atoms with Crippen molar-refractivity contribution in [3.63, 3.8) is 0 Å². The molecule has 0 radical (unpaired) electrons. The van der Waals surface area contributed by atoms with Gasteiger partial charge >= 0.3 is 11.9 Å². The fourth-order valence-corrected chi connectivity index (χ4v) is 14.4. The molecular weight excluding hydrogens is 638 g/mol. The highest BCUT2D eigenvalue weighted by atomic mass is 16.5. The molecule has 5 aliphatic carbocycles. The number of carbonyl (C=O) groups is 3. The van der Waals surface area contributed by atoms with Crippen molar-refractivity contribution >= 4 is 17.7 Å². The highest BCUT2D eigenvalue weighted by molar-refractivity contribution is 5.79. The average molecular weight is 710 g/mol. The summed E-state index contributed by atoms with van der Waals surface area (Å²) in [6.45, 7) is 25.6. The summed E-state index contributed by atoms with van der Waals surface area (Å²) in [6, 6.07) is 0. The van der Waals surface area contributed by atoms with Gasteiger partial charge in [0.05, 0.1) is 25.6 Å². The zero-order valence-corrected chi connectivity index (χ0v) is 33.5. The van der Waals surface area contributed by atoms with Crippen molar-refractivity contribution in [3.8, 4) is 0 Å². The summed E-state index contributed by atoms with van der Waals surface area (Å²) in [5.41, 5.74) is 1.23. The standard InChI is InChI=1S/C44H71NO6/c1-28(2)31-14-19-44(24-29(46)10-11-30-27-45-22-23-50-30)21-20-42(8)32(38(31)44)12-13-34-41(7)17-16-35(40(5,6)33(41)15-18-43(34,42)9)51-37(49)26-39(3,4)25-36(47)48/h30-35,38,45H,1,10-27H2,2-9H3,(H,47,48)/t30?,31-,32+,33-,34+,35-,38+,41-,42+,43+,44+/m0/s1. The molecule has 11 atom stereocenters. The average Bonchev–Trinajstić information content (AvgIpc) is 3.41. The molecule has 6 fully saturated rings. The van der Waals surface area contributed by atoms with Crippen molar-refractivity contribution < 1.29 is 29.0 Å². The lowest BCUT2D eigenvalue weighted by atomic mass is 9.32. The first-order valence-corrected chi connectivity index (χ1v) is 20.7. The number of hydrogen-bond acceptors (Lipinski definition) is 6. The lowest BCUT2D eigenvalue weighted by molar-refractivity contribution is -0.250. The van der Waals surface area contributed by atoms with Gasteiger partial charge < -0.3 is 19.9 Å². The molecule has 6 rings (SSSR count). The Morgan fingerprint density at radius 2 is 1.65 bits per heavy atom. The van der Waals surface area contributed by atoms with Crippen LogP contribution < -0.4 is 5.32 Å². The van der Waals surface area contributed by atoms with Gasteiger partial charge in [0.15, 0.2) is 0 Å². The molecule has 0 aromatic rings. The Bertz CT molecular complexity index is 1360. The van der Waals surface area contributed by atoms with E-state index in [-0.39, 0.29) is 58.1 Å². The highest BCUT2D eigenvalue weighted by Crippen LogP contribution is 2.78. The van der Waals surface area contributed by atoms with Crippen molar-refractivity contribution in [2.75, 3.05) is 19.7 Å². The molecule has 0 bridgehead atoms. The number of carboxylic acid groups (broad SMARTS) is 1. The van der Waals surface area contributed by atoms with Gasteiger partial charge in [-0.25, -0.2) is 0 Å². The van der Waals surface area contributed by atoms with E-state index in [1.165, 1.54) is 37.7 Å². The molecule has 1 heterocycles. The van der Waals surface area contributed by atoms with Crippen LogP contribution in [0.3, 0.4) is 0 Å². The number of rotatable bonds is 11. The molecule has 51 heavy (non-hydrogen) atoms. The monoisotopic (exact) mass is 710 g/mol. The SMILES string of the molecule is C=C(C)[C@@H]1CC[C@]2(CC(=O)CCC3CNCCO3)CC[C@]3(C)[C@H](CC[C@@H]4[C@@]5(C)CC[C@H](OC(=O)CC(C)(C)CC(=O)O)C(C)(C)[C@@H]5CC[C@]43C)[C@@H]12. The minimum atomic E-state index is -0.881. The van der Waals surface area contributed by atoms with Crippen LogP contribution >= 0.6 is 0 Å². The summed E-state index contributed by atoms with van der Waals surface area (Å²) in [5.74, 6) is 2.01. The number of carbonyl (C=O) groups excluding carboxylic acids is 2. The van der Waals surface area contributed by atoms with Crippen molar-refractivity contribution in [2.45, 2.75) is 164 Å². The number of ketones is 1. The summed E-state index contributed by atoms with van der Waals surface area (Å²) >= 11 is 0. The van der Waals surface area contributed by atoms with Gasteiger partial charge in [-0.05, 0) is 134 Å². The number of aliphatic carboxylic acids is 1. The zero-order valence-electron chi connectivity index (χ0n) is 33.5. The van der Waals surface area contributed by atoms with Gasteiger partial charge in [0.1, 0.15) is 11.9 Å². The Hall–Kier alpha value is -1.73. The number of nitrogens with one attached hydrogen (secondary N) is 1. The van der Waals surface area contributed by atoms with E-state index < -0.39 is 11.4 Å². The second-order valence-corrected chi connectivity index (χ2v) is 20.7. The molecular formula is C44H71NO6. The Morgan fingerprint density at radius 1 is 0.902 bits per heavy atom. The highest BCUT2D eigenvalue weighted by Gasteiger charge is 2.71. The van der Waals surface area contributed by atoms with E-state index in [4.69, 9.17) is 9.47 Å². The van der Waals surface area contributed by atoms with E-state index in [1.54, 1.807) is 0 Å². The smallest absolute Gasteiger partial charge is 0.306 e. The second-order valence-electron chi connectivity index (χ2n) is 20.7. The first kappa shape index (κ1) is 39.0. The first-order valence-electron chi connectivity index (χ1n) is 20.7. The molecule has 0 spiro atoms. The lowest BCUT2D eigenvalue weighted by Crippen LogP contribution is -2.66.